The molecule has 0 saturated heterocycles. The first-order valence-electron chi connectivity index (χ1n) is 9.15. The lowest BCUT2D eigenvalue weighted by molar-refractivity contribution is 0.0930. The van der Waals surface area contributed by atoms with E-state index in [4.69, 9.17) is 0 Å². The van der Waals surface area contributed by atoms with Crippen molar-refractivity contribution in [2.24, 2.45) is 5.41 Å². The minimum Gasteiger partial charge on any atom is -0.330 e. The Hall–Kier alpha value is -2.77. The molecule has 1 N–H and O–H groups in total. The van der Waals surface area contributed by atoms with Gasteiger partial charge in [-0.2, -0.15) is 0 Å². The van der Waals surface area contributed by atoms with Gasteiger partial charge in [-0.3, -0.25) is 4.79 Å². The van der Waals surface area contributed by atoms with E-state index in [0.717, 1.165) is 12.1 Å². The largest absolute Gasteiger partial charge is 0.330 e. The van der Waals surface area contributed by atoms with Crippen molar-refractivity contribution in [3.05, 3.63) is 47.5 Å². The summed E-state index contributed by atoms with van der Waals surface area (Å²) in [4.78, 5) is 31.2. The number of nitrogens with one attached hydrogen (secondary N) is 1. The molecule has 28 heavy (non-hydrogen) atoms. The molecule has 6 nitrogen and oxygen atoms in total. The number of rotatable bonds is 3. The molecule has 0 radical (unpaired) electrons. The molecule has 0 bridgehead atoms. The predicted octanol–water partition coefficient (Wildman–Crippen LogP) is 4.22. The number of hydrogen-bond acceptors (Lipinski definition) is 3. The van der Waals surface area contributed by atoms with Gasteiger partial charge in [-0.25, -0.2) is 18.6 Å². The fraction of sp³-hybridized carbons (Fsp3) is 0.450. The van der Waals surface area contributed by atoms with Crippen LogP contribution in [-0.2, 0) is 13.1 Å². The molecule has 150 valence electrons. The number of urea groups is 1. The van der Waals surface area contributed by atoms with Gasteiger partial charge in [0.1, 0.15) is 5.69 Å². The molecule has 1 aromatic carbocycles. The van der Waals surface area contributed by atoms with E-state index in [1.807, 2.05) is 32.3 Å². The van der Waals surface area contributed by atoms with Crippen LogP contribution in [-0.4, -0.2) is 32.3 Å². The first-order chi connectivity index (χ1) is 13.0. The molecule has 0 saturated carbocycles. The van der Waals surface area contributed by atoms with Gasteiger partial charge < -0.3 is 14.8 Å². The quantitative estimate of drug-likeness (QED) is 0.798. The zero-order chi connectivity index (χ0) is 20.6. The maximum Gasteiger partial charge on any atom is 0.322 e. The van der Waals surface area contributed by atoms with Gasteiger partial charge in [-0.05, 0) is 24.5 Å². The number of carbonyl (C=O) groups is 2. The van der Waals surface area contributed by atoms with Crippen LogP contribution in [0.4, 0.5) is 19.3 Å². The van der Waals surface area contributed by atoms with Crippen LogP contribution in [0.15, 0.2) is 24.5 Å². The van der Waals surface area contributed by atoms with Crippen molar-refractivity contribution in [2.45, 2.75) is 53.2 Å². The molecule has 2 heterocycles. The lowest BCUT2D eigenvalue weighted by Crippen LogP contribution is -2.46. The minimum atomic E-state index is -1.03. The Bertz CT molecular complexity index is 917. The van der Waals surface area contributed by atoms with Crippen molar-refractivity contribution in [3.63, 3.8) is 0 Å². The van der Waals surface area contributed by atoms with E-state index in [9.17, 15) is 18.4 Å². The summed E-state index contributed by atoms with van der Waals surface area (Å²) in [7, 11) is 0. The van der Waals surface area contributed by atoms with Crippen molar-refractivity contribution in [1.29, 1.82) is 0 Å². The summed E-state index contributed by atoms with van der Waals surface area (Å²) < 4.78 is 28.4. The highest BCUT2D eigenvalue weighted by atomic mass is 19.2. The van der Waals surface area contributed by atoms with Gasteiger partial charge in [0.25, 0.3) is 0 Å². The van der Waals surface area contributed by atoms with Crippen molar-refractivity contribution in [1.82, 2.24) is 14.5 Å². The van der Waals surface area contributed by atoms with Gasteiger partial charge in [0.05, 0.1) is 18.6 Å². The number of anilines is 1. The number of aromatic nitrogens is 2. The van der Waals surface area contributed by atoms with E-state index in [-0.39, 0.29) is 29.5 Å². The summed E-state index contributed by atoms with van der Waals surface area (Å²) in [5, 5.41) is 2.59. The first kappa shape index (κ1) is 20.0. The molecule has 0 aliphatic carbocycles. The lowest BCUT2D eigenvalue weighted by Gasteiger charge is -2.34. The van der Waals surface area contributed by atoms with Crippen LogP contribution in [0.5, 0.6) is 0 Å². The van der Waals surface area contributed by atoms with E-state index in [1.165, 1.54) is 6.07 Å². The van der Waals surface area contributed by atoms with E-state index >= 15 is 0 Å². The number of halogens is 2. The normalized spacial score (nSPS) is 16.6. The number of benzene rings is 1. The number of imidazole rings is 1. The standard InChI is InChI=1S/C20H24F2N4O2/c1-12-9-25-11-23-18(17(27)8-20(2,3)4)16(25)10-26(12)19(28)24-13-5-6-14(21)15(22)7-13/h5-7,11-12H,8-10H2,1-4H3,(H,24,28)/t12-/m0/s1. The summed E-state index contributed by atoms with van der Waals surface area (Å²) in [6.07, 6.45) is 1.99. The number of Topliss-reactive ketones (excluding diaryl/α,β-unsaturated/α-hetero) is 1. The van der Waals surface area contributed by atoms with Gasteiger partial charge >= 0.3 is 6.03 Å². The summed E-state index contributed by atoms with van der Waals surface area (Å²) >= 11 is 0. The molecular formula is C20H24F2N4O2. The molecule has 1 atom stereocenters. The lowest BCUT2D eigenvalue weighted by atomic mass is 9.88. The van der Waals surface area contributed by atoms with Gasteiger partial charge in [0.2, 0.25) is 0 Å². The molecule has 1 aliphatic heterocycles. The maximum atomic E-state index is 13.4. The molecule has 2 amide bonds. The highest BCUT2D eigenvalue weighted by Crippen LogP contribution is 2.26. The second-order valence-electron chi connectivity index (χ2n) is 8.39. The number of carbonyl (C=O) groups excluding carboxylic acids is 2. The molecular weight excluding hydrogens is 366 g/mol. The van der Waals surface area contributed by atoms with Crippen molar-refractivity contribution in [2.75, 3.05) is 5.32 Å². The van der Waals surface area contributed by atoms with Crippen molar-refractivity contribution < 1.29 is 18.4 Å². The maximum absolute atomic E-state index is 13.4. The van der Waals surface area contributed by atoms with Crippen molar-refractivity contribution >= 4 is 17.5 Å². The van der Waals surface area contributed by atoms with Crippen LogP contribution in [0.2, 0.25) is 0 Å². The highest BCUT2D eigenvalue weighted by Gasteiger charge is 2.32. The zero-order valence-corrected chi connectivity index (χ0v) is 16.4. The van der Waals surface area contributed by atoms with Crippen LogP contribution in [0.3, 0.4) is 0 Å². The molecule has 0 spiro atoms. The smallest absolute Gasteiger partial charge is 0.322 e. The molecule has 8 heteroatoms. The van der Waals surface area contributed by atoms with Gasteiger partial charge in [-0.1, -0.05) is 20.8 Å². The molecule has 3 rings (SSSR count). The Balaban J connectivity index is 1.79. The third-order valence-electron chi connectivity index (χ3n) is 4.65. The van der Waals surface area contributed by atoms with E-state index < -0.39 is 17.7 Å². The second kappa shape index (κ2) is 7.33. The van der Waals surface area contributed by atoms with Gasteiger partial charge in [0.15, 0.2) is 17.4 Å². The number of amides is 2. The van der Waals surface area contributed by atoms with Crippen LogP contribution in [0.1, 0.15) is 50.3 Å². The van der Waals surface area contributed by atoms with Crippen LogP contribution < -0.4 is 5.32 Å². The minimum absolute atomic E-state index is 0.0585. The zero-order valence-electron chi connectivity index (χ0n) is 16.4. The third-order valence-corrected chi connectivity index (χ3v) is 4.65. The average Bonchev–Trinajstić information content (AvgIpc) is 2.98. The topological polar surface area (TPSA) is 67.2 Å². The SMILES string of the molecule is C[C@H]1Cn2cnc(C(=O)CC(C)(C)C)c2CN1C(=O)Nc1ccc(F)c(F)c1. The molecule has 1 aliphatic rings. The first-order valence-corrected chi connectivity index (χ1v) is 9.15. The monoisotopic (exact) mass is 390 g/mol. The summed E-state index contributed by atoms with van der Waals surface area (Å²) in [5.41, 5.74) is 1.07. The van der Waals surface area contributed by atoms with E-state index in [2.05, 4.69) is 10.3 Å². The van der Waals surface area contributed by atoms with Crippen LogP contribution >= 0.6 is 0 Å². The molecule has 1 aromatic heterocycles. The predicted molar refractivity (Wildman–Crippen MR) is 101 cm³/mol. The third kappa shape index (κ3) is 4.21. The number of ketones is 1. The van der Waals surface area contributed by atoms with Crippen molar-refractivity contribution in [3.8, 4) is 0 Å². The van der Waals surface area contributed by atoms with E-state index in [0.29, 0.717) is 24.4 Å². The highest BCUT2D eigenvalue weighted by molar-refractivity contribution is 5.96. The second-order valence-corrected chi connectivity index (χ2v) is 8.39. The number of hydrogen-bond donors (Lipinski definition) is 1. The number of fused-ring (bicyclic) bond motifs is 1. The van der Waals surface area contributed by atoms with Crippen LogP contribution in [0.25, 0.3) is 0 Å². The Labute approximate surface area is 162 Å². The van der Waals surface area contributed by atoms with Gasteiger partial charge in [-0.15, -0.1) is 0 Å². The average molecular weight is 390 g/mol. The van der Waals surface area contributed by atoms with Gasteiger partial charge in [0, 0.05) is 30.8 Å². The Morgan fingerprint density at radius 1 is 1.25 bits per heavy atom. The van der Waals surface area contributed by atoms with E-state index in [1.54, 1.807) is 11.2 Å². The summed E-state index contributed by atoms with van der Waals surface area (Å²) in [6, 6.07) is 2.60. The Morgan fingerprint density at radius 3 is 2.61 bits per heavy atom. The fourth-order valence-electron chi connectivity index (χ4n) is 3.27. The fourth-order valence-corrected chi connectivity index (χ4v) is 3.27. The summed E-state index contributed by atoms with van der Waals surface area (Å²) in [6.45, 7) is 8.54. The molecule has 2 aromatic rings. The Kier molecular flexibility index (Phi) is 5.23. The Morgan fingerprint density at radius 2 is 1.96 bits per heavy atom. The summed E-state index contributed by atoms with van der Waals surface area (Å²) in [5.74, 6) is -2.07. The molecule has 0 fully saturated rings. The molecule has 0 unspecified atom stereocenters. The van der Waals surface area contributed by atoms with Crippen LogP contribution in [0, 0.1) is 17.0 Å². The number of nitrogens with zero attached hydrogens (tertiary/aromatic N) is 3.